The lowest BCUT2D eigenvalue weighted by molar-refractivity contribution is -0.124. The lowest BCUT2D eigenvalue weighted by Crippen LogP contribution is -2.32. The van der Waals surface area contributed by atoms with Gasteiger partial charge in [-0.25, -0.2) is 9.59 Å². The van der Waals surface area contributed by atoms with Gasteiger partial charge in [0, 0.05) is 10.6 Å². The third-order valence-electron chi connectivity index (χ3n) is 4.95. The van der Waals surface area contributed by atoms with E-state index in [0.717, 1.165) is 36.1 Å². The van der Waals surface area contributed by atoms with Crippen LogP contribution in [0.5, 0.6) is 0 Å². The van der Waals surface area contributed by atoms with Crippen LogP contribution in [0, 0.1) is 0 Å². The molecule has 0 radical (unpaired) electrons. The summed E-state index contributed by atoms with van der Waals surface area (Å²) in [4.78, 5) is 38.9. The van der Waals surface area contributed by atoms with Crippen molar-refractivity contribution in [3.63, 3.8) is 0 Å². The summed E-state index contributed by atoms with van der Waals surface area (Å²) in [6, 6.07) is 6.29. The van der Waals surface area contributed by atoms with Gasteiger partial charge in [-0.05, 0) is 68.9 Å². The van der Waals surface area contributed by atoms with Crippen molar-refractivity contribution in [2.75, 3.05) is 17.7 Å². The maximum atomic E-state index is 12.9. The number of nitrogen functional groups attached to an aromatic ring is 1. The topological polar surface area (TPSA) is 108 Å². The SMILES string of the molecule is CCOC(=O)c1c(NC(=O)C(CC)OC(=O)c2ccc(N)cc2)sc2c1CCCC2. The van der Waals surface area contributed by atoms with Crippen LogP contribution in [0.2, 0.25) is 0 Å². The van der Waals surface area contributed by atoms with Crippen LogP contribution < -0.4 is 11.1 Å². The molecule has 2 aromatic rings. The summed E-state index contributed by atoms with van der Waals surface area (Å²) in [5.41, 5.74) is 7.88. The first-order chi connectivity index (χ1) is 14.4. The van der Waals surface area contributed by atoms with Crippen molar-refractivity contribution in [3.8, 4) is 0 Å². The summed E-state index contributed by atoms with van der Waals surface area (Å²) in [7, 11) is 0. The number of hydrogen-bond donors (Lipinski definition) is 2. The highest BCUT2D eigenvalue weighted by Crippen LogP contribution is 2.38. The maximum absolute atomic E-state index is 12.9. The molecule has 8 heteroatoms. The number of benzene rings is 1. The largest absolute Gasteiger partial charge is 0.462 e. The van der Waals surface area contributed by atoms with Gasteiger partial charge in [0.05, 0.1) is 17.7 Å². The minimum absolute atomic E-state index is 0.258. The van der Waals surface area contributed by atoms with Crippen LogP contribution in [0.3, 0.4) is 0 Å². The van der Waals surface area contributed by atoms with Gasteiger partial charge in [0.2, 0.25) is 0 Å². The number of rotatable bonds is 7. The highest BCUT2D eigenvalue weighted by atomic mass is 32.1. The van der Waals surface area contributed by atoms with Crippen LogP contribution in [0.1, 0.15) is 64.3 Å². The van der Waals surface area contributed by atoms with Gasteiger partial charge in [0.25, 0.3) is 5.91 Å². The Morgan fingerprint density at radius 3 is 2.47 bits per heavy atom. The van der Waals surface area contributed by atoms with E-state index in [-0.39, 0.29) is 6.61 Å². The summed E-state index contributed by atoms with van der Waals surface area (Å²) in [6.45, 7) is 3.76. The van der Waals surface area contributed by atoms with E-state index in [2.05, 4.69) is 5.32 Å². The second kappa shape index (κ2) is 9.75. The number of hydrogen-bond acceptors (Lipinski definition) is 7. The summed E-state index contributed by atoms with van der Waals surface area (Å²) in [5, 5.41) is 3.27. The molecule has 1 amide bonds. The Hall–Kier alpha value is -2.87. The molecule has 1 aromatic carbocycles. The summed E-state index contributed by atoms with van der Waals surface area (Å²) in [5.74, 6) is -1.50. The van der Waals surface area contributed by atoms with Crippen LogP contribution in [0.15, 0.2) is 24.3 Å². The third-order valence-corrected chi connectivity index (χ3v) is 6.15. The molecule has 3 N–H and O–H groups in total. The number of thiophene rings is 1. The number of nitrogens with two attached hydrogens (primary N) is 1. The van der Waals surface area contributed by atoms with Crippen LogP contribution >= 0.6 is 11.3 Å². The van der Waals surface area contributed by atoms with Gasteiger partial charge in [-0.15, -0.1) is 11.3 Å². The van der Waals surface area contributed by atoms with Crippen LogP contribution in [-0.2, 0) is 27.1 Å². The molecule has 0 spiro atoms. The predicted molar refractivity (Wildman–Crippen MR) is 116 cm³/mol. The number of fused-ring (bicyclic) bond motifs is 1. The van der Waals surface area contributed by atoms with Crippen molar-refractivity contribution in [2.45, 2.75) is 52.1 Å². The van der Waals surface area contributed by atoms with E-state index in [1.165, 1.54) is 11.3 Å². The summed E-state index contributed by atoms with van der Waals surface area (Å²) in [6.07, 6.45) is 3.04. The molecular weight excluding hydrogens is 404 g/mol. The first-order valence-corrected chi connectivity index (χ1v) is 10.9. The molecule has 0 fully saturated rings. The van der Waals surface area contributed by atoms with Gasteiger partial charge in [-0.1, -0.05) is 6.92 Å². The number of carbonyl (C=O) groups is 3. The maximum Gasteiger partial charge on any atom is 0.341 e. The lowest BCUT2D eigenvalue weighted by Gasteiger charge is -2.16. The average molecular weight is 431 g/mol. The smallest absolute Gasteiger partial charge is 0.341 e. The van der Waals surface area contributed by atoms with Crippen molar-refractivity contribution in [1.82, 2.24) is 0 Å². The number of ether oxygens (including phenoxy) is 2. The average Bonchev–Trinajstić information content (AvgIpc) is 3.10. The molecule has 0 bridgehead atoms. The van der Waals surface area contributed by atoms with E-state index < -0.39 is 23.9 Å². The number of aryl methyl sites for hydroxylation is 1. The lowest BCUT2D eigenvalue weighted by atomic mass is 9.95. The van der Waals surface area contributed by atoms with E-state index in [1.807, 2.05) is 0 Å². The first-order valence-electron chi connectivity index (χ1n) is 10.1. The fraction of sp³-hybridized carbons (Fsp3) is 0.409. The zero-order valence-electron chi connectivity index (χ0n) is 17.2. The van der Waals surface area contributed by atoms with E-state index in [4.69, 9.17) is 15.2 Å². The molecule has 1 aliphatic rings. The molecule has 1 aliphatic carbocycles. The summed E-state index contributed by atoms with van der Waals surface area (Å²) >= 11 is 1.40. The molecule has 7 nitrogen and oxygen atoms in total. The monoisotopic (exact) mass is 430 g/mol. The molecule has 1 atom stereocenters. The minimum Gasteiger partial charge on any atom is -0.462 e. The quantitative estimate of drug-likeness (QED) is 0.508. The molecular formula is C22H26N2O5S. The highest BCUT2D eigenvalue weighted by molar-refractivity contribution is 7.17. The van der Waals surface area contributed by atoms with Gasteiger partial charge in [0.15, 0.2) is 6.10 Å². The van der Waals surface area contributed by atoms with Crippen molar-refractivity contribution >= 4 is 39.9 Å². The van der Waals surface area contributed by atoms with E-state index in [1.54, 1.807) is 38.1 Å². The third kappa shape index (κ3) is 4.81. The van der Waals surface area contributed by atoms with Gasteiger partial charge in [0.1, 0.15) is 5.00 Å². The Morgan fingerprint density at radius 2 is 1.80 bits per heavy atom. The van der Waals surface area contributed by atoms with Crippen LogP contribution in [0.25, 0.3) is 0 Å². The number of anilines is 2. The van der Waals surface area contributed by atoms with E-state index >= 15 is 0 Å². The molecule has 1 unspecified atom stereocenters. The molecule has 1 aromatic heterocycles. The fourth-order valence-corrected chi connectivity index (χ4v) is 4.68. The van der Waals surface area contributed by atoms with Gasteiger partial charge in [-0.2, -0.15) is 0 Å². The first kappa shape index (κ1) is 21.8. The number of amides is 1. The van der Waals surface area contributed by atoms with Crippen molar-refractivity contribution in [2.24, 2.45) is 0 Å². The number of carbonyl (C=O) groups excluding carboxylic acids is 3. The van der Waals surface area contributed by atoms with Crippen LogP contribution in [-0.4, -0.2) is 30.6 Å². The number of nitrogens with one attached hydrogen (secondary N) is 1. The Kier molecular flexibility index (Phi) is 7.10. The Morgan fingerprint density at radius 1 is 1.10 bits per heavy atom. The molecule has 0 saturated carbocycles. The molecule has 0 saturated heterocycles. The molecule has 3 rings (SSSR count). The zero-order chi connectivity index (χ0) is 21.7. The molecule has 0 aliphatic heterocycles. The Balaban J connectivity index is 1.78. The molecule has 160 valence electrons. The molecule has 1 heterocycles. The minimum atomic E-state index is -0.982. The van der Waals surface area contributed by atoms with Gasteiger partial charge >= 0.3 is 11.9 Å². The van der Waals surface area contributed by atoms with Crippen LogP contribution in [0.4, 0.5) is 10.7 Å². The van der Waals surface area contributed by atoms with Crippen molar-refractivity contribution < 1.29 is 23.9 Å². The second-order valence-corrected chi connectivity index (χ2v) is 8.15. The Labute approximate surface area is 179 Å². The van der Waals surface area contributed by atoms with E-state index in [0.29, 0.717) is 28.2 Å². The normalized spacial score (nSPS) is 13.8. The zero-order valence-corrected chi connectivity index (χ0v) is 18.0. The van der Waals surface area contributed by atoms with Crippen molar-refractivity contribution in [3.05, 3.63) is 45.8 Å². The van der Waals surface area contributed by atoms with Gasteiger partial charge in [-0.3, -0.25) is 4.79 Å². The number of esters is 2. The summed E-state index contributed by atoms with van der Waals surface area (Å²) < 4.78 is 10.6. The van der Waals surface area contributed by atoms with Gasteiger partial charge < -0.3 is 20.5 Å². The molecule has 30 heavy (non-hydrogen) atoms. The van der Waals surface area contributed by atoms with E-state index in [9.17, 15) is 14.4 Å². The highest BCUT2D eigenvalue weighted by Gasteiger charge is 2.29. The predicted octanol–water partition coefficient (Wildman–Crippen LogP) is 3.96. The Bertz CT molecular complexity index is 936. The fourth-order valence-electron chi connectivity index (χ4n) is 3.40. The van der Waals surface area contributed by atoms with Crippen molar-refractivity contribution in [1.29, 1.82) is 0 Å². The second-order valence-electron chi connectivity index (χ2n) is 7.05. The standard InChI is InChI=1S/C22H26N2O5S/c1-3-16(29-21(26)13-9-11-14(23)12-10-13)19(25)24-20-18(22(27)28-4-2)15-7-5-6-8-17(15)30-20/h9-12,16H,3-8,23H2,1-2H3,(H,24,25).